The Morgan fingerprint density at radius 3 is 2.42 bits per heavy atom. The molecule has 1 aliphatic heterocycles. The fraction of sp³-hybridized carbons (Fsp3) is 0.263. The zero-order chi connectivity index (χ0) is 16.6. The summed E-state index contributed by atoms with van der Waals surface area (Å²) in [7, 11) is 0. The number of rotatable bonds is 3. The van der Waals surface area contributed by atoms with Crippen molar-refractivity contribution in [3.8, 4) is 0 Å². The van der Waals surface area contributed by atoms with Crippen molar-refractivity contribution in [1.82, 2.24) is 4.90 Å². The number of amides is 1. The first-order valence-corrected chi connectivity index (χ1v) is 8.06. The predicted molar refractivity (Wildman–Crippen MR) is 87.6 cm³/mol. The second-order valence-corrected chi connectivity index (χ2v) is 6.24. The highest BCUT2D eigenvalue weighted by molar-refractivity contribution is 6.10. The SMILES string of the molecule is O=C1N(Cc2ccc(F)cc2)C(c2ccccc2)=NOC12CCC2. The van der Waals surface area contributed by atoms with Gasteiger partial charge in [0.15, 0.2) is 5.84 Å². The van der Waals surface area contributed by atoms with Gasteiger partial charge in [-0.3, -0.25) is 9.69 Å². The highest BCUT2D eigenvalue weighted by atomic mass is 19.1. The van der Waals surface area contributed by atoms with Crippen molar-refractivity contribution < 1.29 is 14.0 Å². The topological polar surface area (TPSA) is 41.9 Å². The van der Waals surface area contributed by atoms with E-state index in [4.69, 9.17) is 4.84 Å². The Labute approximate surface area is 139 Å². The van der Waals surface area contributed by atoms with Gasteiger partial charge in [0.25, 0.3) is 5.91 Å². The Morgan fingerprint density at radius 2 is 1.79 bits per heavy atom. The molecule has 4 nitrogen and oxygen atoms in total. The second kappa shape index (κ2) is 5.74. The summed E-state index contributed by atoms with van der Waals surface area (Å²) in [5.74, 6) is 0.147. The molecule has 0 saturated heterocycles. The van der Waals surface area contributed by atoms with Crippen LogP contribution >= 0.6 is 0 Å². The summed E-state index contributed by atoms with van der Waals surface area (Å²) < 4.78 is 13.1. The van der Waals surface area contributed by atoms with Crippen molar-refractivity contribution in [2.24, 2.45) is 5.16 Å². The lowest BCUT2D eigenvalue weighted by Gasteiger charge is -2.44. The molecule has 4 rings (SSSR count). The summed E-state index contributed by atoms with van der Waals surface area (Å²) in [5.41, 5.74) is 0.866. The summed E-state index contributed by atoms with van der Waals surface area (Å²) in [6.45, 7) is 0.345. The average Bonchev–Trinajstić information content (AvgIpc) is 2.58. The van der Waals surface area contributed by atoms with E-state index >= 15 is 0 Å². The van der Waals surface area contributed by atoms with Gasteiger partial charge in [0.1, 0.15) is 5.82 Å². The molecule has 0 unspecified atom stereocenters. The molecule has 0 bridgehead atoms. The van der Waals surface area contributed by atoms with Gasteiger partial charge in [0.2, 0.25) is 5.60 Å². The molecule has 5 heteroatoms. The number of hydrogen-bond donors (Lipinski definition) is 0. The number of carbonyl (C=O) groups is 1. The Kier molecular flexibility index (Phi) is 3.56. The maximum Gasteiger partial charge on any atom is 0.275 e. The van der Waals surface area contributed by atoms with Crippen LogP contribution in [0.1, 0.15) is 30.4 Å². The molecule has 1 spiro atoms. The first kappa shape index (κ1) is 14.9. The lowest BCUT2D eigenvalue weighted by Crippen LogP contribution is -2.58. The third-order valence-corrected chi connectivity index (χ3v) is 4.64. The fourth-order valence-electron chi connectivity index (χ4n) is 3.08. The molecule has 2 aromatic carbocycles. The Balaban J connectivity index is 1.70. The van der Waals surface area contributed by atoms with Gasteiger partial charge in [0.05, 0.1) is 6.54 Å². The second-order valence-electron chi connectivity index (χ2n) is 6.24. The van der Waals surface area contributed by atoms with Crippen molar-refractivity contribution in [1.29, 1.82) is 0 Å². The molecule has 24 heavy (non-hydrogen) atoms. The van der Waals surface area contributed by atoms with Gasteiger partial charge in [0, 0.05) is 5.56 Å². The highest BCUT2D eigenvalue weighted by Crippen LogP contribution is 2.40. The summed E-state index contributed by atoms with van der Waals surface area (Å²) in [6, 6.07) is 15.7. The van der Waals surface area contributed by atoms with Crippen LogP contribution in [0.4, 0.5) is 4.39 Å². The molecule has 0 atom stereocenters. The lowest BCUT2D eigenvalue weighted by molar-refractivity contribution is -0.173. The quantitative estimate of drug-likeness (QED) is 0.867. The van der Waals surface area contributed by atoms with Gasteiger partial charge in [-0.25, -0.2) is 4.39 Å². The monoisotopic (exact) mass is 324 g/mol. The van der Waals surface area contributed by atoms with E-state index in [-0.39, 0.29) is 11.7 Å². The number of oxime groups is 1. The molecule has 1 aliphatic carbocycles. The number of halogens is 1. The molecule has 122 valence electrons. The van der Waals surface area contributed by atoms with E-state index in [1.165, 1.54) is 12.1 Å². The van der Waals surface area contributed by atoms with E-state index in [9.17, 15) is 9.18 Å². The molecule has 0 radical (unpaired) electrons. The zero-order valence-corrected chi connectivity index (χ0v) is 13.1. The first-order valence-electron chi connectivity index (χ1n) is 8.06. The van der Waals surface area contributed by atoms with Crippen LogP contribution in [0.15, 0.2) is 59.8 Å². The number of amidine groups is 1. The smallest absolute Gasteiger partial charge is 0.275 e. The van der Waals surface area contributed by atoms with Gasteiger partial charge in [-0.05, 0) is 37.0 Å². The van der Waals surface area contributed by atoms with Crippen molar-refractivity contribution in [2.45, 2.75) is 31.4 Å². The predicted octanol–water partition coefficient (Wildman–Crippen LogP) is 3.47. The van der Waals surface area contributed by atoms with Crippen LogP contribution in [-0.4, -0.2) is 22.2 Å². The standard InChI is InChI=1S/C19H17FN2O2/c20-16-9-7-14(8-10-16)13-22-17(15-5-2-1-3-6-15)21-24-19(18(22)23)11-4-12-19/h1-3,5-10H,4,11-13H2. The highest BCUT2D eigenvalue weighted by Gasteiger charge is 2.53. The van der Waals surface area contributed by atoms with Crippen LogP contribution in [0.2, 0.25) is 0 Å². The van der Waals surface area contributed by atoms with Gasteiger partial charge in [-0.15, -0.1) is 0 Å². The van der Waals surface area contributed by atoms with Crippen molar-refractivity contribution in [2.75, 3.05) is 0 Å². The van der Waals surface area contributed by atoms with Gasteiger partial charge >= 0.3 is 0 Å². The molecule has 1 saturated carbocycles. The maximum absolute atomic E-state index is 13.1. The molecule has 2 aliphatic rings. The van der Waals surface area contributed by atoms with Gasteiger partial charge < -0.3 is 4.84 Å². The van der Waals surface area contributed by atoms with E-state index < -0.39 is 5.60 Å². The first-order chi connectivity index (χ1) is 11.7. The van der Waals surface area contributed by atoms with E-state index in [1.54, 1.807) is 17.0 Å². The number of hydrogen-bond acceptors (Lipinski definition) is 3. The molecular weight excluding hydrogens is 307 g/mol. The minimum atomic E-state index is -0.807. The third-order valence-electron chi connectivity index (χ3n) is 4.64. The Morgan fingerprint density at radius 1 is 1.08 bits per heavy atom. The summed E-state index contributed by atoms with van der Waals surface area (Å²) in [4.78, 5) is 20.3. The van der Waals surface area contributed by atoms with Crippen molar-refractivity contribution in [3.63, 3.8) is 0 Å². The normalized spacial score (nSPS) is 18.8. The number of benzene rings is 2. The van der Waals surface area contributed by atoms with E-state index in [0.29, 0.717) is 25.2 Å². The van der Waals surface area contributed by atoms with Crippen molar-refractivity contribution >= 4 is 11.7 Å². The maximum atomic E-state index is 13.1. The molecule has 0 aromatic heterocycles. The molecule has 1 fully saturated rings. The van der Waals surface area contributed by atoms with Crippen molar-refractivity contribution in [3.05, 3.63) is 71.5 Å². The van der Waals surface area contributed by atoms with Crippen LogP contribution in [0.5, 0.6) is 0 Å². The third kappa shape index (κ3) is 2.46. The van der Waals surface area contributed by atoms with Crippen LogP contribution in [0.3, 0.4) is 0 Å². The molecule has 1 amide bonds. The van der Waals surface area contributed by atoms with E-state index in [2.05, 4.69) is 5.16 Å². The summed E-state index contributed by atoms with van der Waals surface area (Å²) in [5, 5.41) is 4.27. The summed E-state index contributed by atoms with van der Waals surface area (Å²) in [6.07, 6.45) is 2.35. The van der Waals surface area contributed by atoms with Crippen LogP contribution < -0.4 is 0 Å². The number of carbonyl (C=O) groups excluding carboxylic acids is 1. The Bertz CT molecular complexity index is 783. The Hall–Kier alpha value is -2.69. The minimum Gasteiger partial charge on any atom is -0.377 e. The molecular formula is C19H17FN2O2. The fourth-order valence-corrected chi connectivity index (χ4v) is 3.08. The molecule has 2 aromatic rings. The minimum absolute atomic E-state index is 0.0630. The lowest BCUT2D eigenvalue weighted by atomic mass is 9.78. The summed E-state index contributed by atoms with van der Waals surface area (Å²) >= 11 is 0. The van der Waals surface area contributed by atoms with Crippen LogP contribution in [0, 0.1) is 5.82 Å². The van der Waals surface area contributed by atoms with Crippen LogP contribution in [0.25, 0.3) is 0 Å². The average molecular weight is 324 g/mol. The van der Waals surface area contributed by atoms with Gasteiger partial charge in [-0.1, -0.05) is 47.6 Å². The molecule has 0 N–H and O–H groups in total. The largest absolute Gasteiger partial charge is 0.377 e. The van der Waals surface area contributed by atoms with Gasteiger partial charge in [-0.2, -0.15) is 0 Å². The molecule has 1 heterocycles. The van der Waals surface area contributed by atoms with E-state index in [1.807, 2.05) is 30.3 Å². The van der Waals surface area contributed by atoms with Crippen LogP contribution in [-0.2, 0) is 16.2 Å². The zero-order valence-electron chi connectivity index (χ0n) is 13.1. The van der Waals surface area contributed by atoms with E-state index in [0.717, 1.165) is 17.5 Å². The number of nitrogens with zero attached hydrogens (tertiary/aromatic N) is 2.